The highest BCUT2D eigenvalue weighted by Gasteiger charge is 2.05. The summed E-state index contributed by atoms with van der Waals surface area (Å²) in [7, 11) is 0. The van der Waals surface area contributed by atoms with Crippen molar-refractivity contribution in [1.29, 1.82) is 0 Å². The molecule has 0 saturated heterocycles. The highest BCUT2D eigenvalue weighted by Crippen LogP contribution is 2.17. The van der Waals surface area contributed by atoms with Gasteiger partial charge in [-0.1, -0.05) is 6.07 Å². The fourth-order valence-electron chi connectivity index (χ4n) is 1.89. The topological polar surface area (TPSA) is 68.0 Å². The molecule has 0 aliphatic heterocycles. The number of rotatable bonds is 4. The van der Waals surface area contributed by atoms with Crippen LogP contribution < -0.4 is 5.32 Å². The SMILES string of the molecule is O=C(NCc1ccc(-c2ccoc2)nc1)c1cccnc1. The molecule has 0 bridgehead atoms. The van der Waals surface area contributed by atoms with Crippen LogP contribution in [0.25, 0.3) is 11.3 Å². The second-order valence-electron chi connectivity index (χ2n) is 4.49. The Kier molecular flexibility index (Phi) is 3.73. The first-order valence-electron chi connectivity index (χ1n) is 6.48. The standard InChI is InChI=1S/C16H13N3O2/c20-16(13-2-1-6-17-10-13)19-9-12-3-4-15(18-8-12)14-5-7-21-11-14/h1-8,10-11H,9H2,(H,19,20). The summed E-state index contributed by atoms with van der Waals surface area (Å²) in [6.45, 7) is 0.423. The lowest BCUT2D eigenvalue weighted by Crippen LogP contribution is -2.22. The van der Waals surface area contributed by atoms with Crippen molar-refractivity contribution in [2.24, 2.45) is 0 Å². The van der Waals surface area contributed by atoms with Gasteiger partial charge in [0, 0.05) is 30.7 Å². The van der Waals surface area contributed by atoms with Crippen molar-refractivity contribution in [3.8, 4) is 11.3 Å². The fraction of sp³-hybridized carbons (Fsp3) is 0.0625. The number of hydrogen-bond acceptors (Lipinski definition) is 4. The zero-order valence-electron chi connectivity index (χ0n) is 11.2. The molecule has 0 fully saturated rings. The predicted octanol–water partition coefficient (Wildman–Crippen LogP) is 2.67. The number of amides is 1. The van der Waals surface area contributed by atoms with Gasteiger partial charge in [0.25, 0.3) is 5.91 Å². The molecule has 3 aromatic heterocycles. The van der Waals surface area contributed by atoms with E-state index in [4.69, 9.17) is 4.42 Å². The van der Waals surface area contributed by atoms with E-state index in [0.717, 1.165) is 16.8 Å². The molecule has 3 rings (SSSR count). The zero-order valence-corrected chi connectivity index (χ0v) is 11.2. The molecule has 0 aromatic carbocycles. The fourth-order valence-corrected chi connectivity index (χ4v) is 1.89. The van der Waals surface area contributed by atoms with Crippen molar-refractivity contribution in [3.63, 3.8) is 0 Å². The van der Waals surface area contributed by atoms with Gasteiger partial charge in [-0.25, -0.2) is 0 Å². The lowest BCUT2D eigenvalue weighted by molar-refractivity contribution is 0.0950. The molecule has 5 heteroatoms. The van der Waals surface area contributed by atoms with Crippen LogP contribution in [0.2, 0.25) is 0 Å². The number of carbonyl (C=O) groups is 1. The number of pyridine rings is 2. The van der Waals surface area contributed by atoms with Gasteiger partial charge in [-0.2, -0.15) is 0 Å². The van der Waals surface area contributed by atoms with Crippen molar-refractivity contribution in [3.05, 3.63) is 72.6 Å². The molecular formula is C16H13N3O2. The summed E-state index contributed by atoms with van der Waals surface area (Å²) >= 11 is 0. The molecule has 0 aliphatic carbocycles. The second kappa shape index (κ2) is 6.00. The van der Waals surface area contributed by atoms with Crippen LogP contribution in [0, 0.1) is 0 Å². The molecule has 0 atom stereocenters. The van der Waals surface area contributed by atoms with Crippen LogP contribution in [0.5, 0.6) is 0 Å². The molecular weight excluding hydrogens is 266 g/mol. The van der Waals surface area contributed by atoms with Crippen LogP contribution in [0.4, 0.5) is 0 Å². The molecule has 0 spiro atoms. The largest absolute Gasteiger partial charge is 0.472 e. The summed E-state index contributed by atoms with van der Waals surface area (Å²) in [5.41, 5.74) is 3.24. The Bertz CT molecular complexity index is 707. The predicted molar refractivity (Wildman–Crippen MR) is 77.3 cm³/mol. The Morgan fingerprint density at radius 3 is 2.81 bits per heavy atom. The normalized spacial score (nSPS) is 10.3. The Balaban J connectivity index is 1.62. The quantitative estimate of drug-likeness (QED) is 0.797. The van der Waals surface area contributed by atoms with Gasteiger partial charge < -0.3 is 9.73 Å². The molecule has 3 heterocycles. The number of carbonyl (C=O) groups excluding carboxylic acids is 1. The first-order valence-corrected chi connectivity index (χ1v) is 6.48. The molecule has 1 N–H and O–H groups in total. The van der Waals surface area contributed by atoms with E-state index in [-0.39, 0.29) is 5.91 Å². The van der Waals surface area contributed by atoms with Crippen molar-refractivity contribution in [2.45, 2.75) is 6.54 Å². The molecule has 0 radical (unpaired) electrons. The van der Waals surface area contributed by atoms with E-state index in [9.17, 15) is 4.79 Å². The van der Waals surface area contributed by atoms with Crippen LogP contribution in [0.15, 0.2) is 65.9 Å². The first-order chi connectivity index (χ1) is 10.3. The van der Waals surface area contributed by atoms with Crippen molar-refractivity contribution in [2.75, 3.05) is 0 Å². The van der Waals surface area contributed by atoms with E-state index in [0.29, 0.717) is 12.1 Å². The molecule has 5 nitrogen and oxygen atoms in total. The van der Waals surface area contributed by atoms with E-state index < -0.39 is 0 Å². The highest BCUT2D eigenvalue weighted by atomic mass is 16.3. The number of hydrogen-bond donors (Lipinski definition) is 1. The molecule has 21 heavy (non-hydrogen) atoms. The molecule has 0 unspecified atom stereocenters. The second-order valence-corrected chi connectivity index (χ2v) is 4.49. The van der Waals surface area contributed by atoms with E-state index in [1.54, 1.807) is 37.1 Å². The van der Waals surface area contributed by atoms with E-state index in [1.165, 1.54) is 6.20 Å². The zero-order chi connectivity index (χ0) is 14.5. The van der Waals surface area contributed by atoms with Crippen molar-refractivity contribution < 1.29 is 9.21 Å². The number of furan rings is 1. The van der Waals surface area contributed by atoms with Gasteiger partial charge in [-0.15, -0.1) is 0 Å². The Morgan fingerprint density at radius 1 is 1.19 bits per heavy atom. The van der Waals surface area contributed by atoms with Crippen molar-refractivity contribution >= 4 is 5.91 Å². The summed E-state index contributed by atoms with van der Waals surface area (Å²) < 4.78 is 5.02. The van der Waals surface area contributed by atoms with Gasteiger partial charge in [0.05, 0.1) is 23.8 Å². The van der Waals surface area contributed by atoms with Crippen LogP contribution in [0.1, 0.15) is 15.9 Å². The van der Waals surface area contributed by atoms with E-state index in [2.05, 4.69) is 15.3 Å². The Morgan fingerprint density at radius 2 is 2.14 bits per heavy atom. The van der Waals surface area contributed by atoms with Gasteiger partial charge in [0.15, 0.2) is 0 Å². The van der Waals surface area contributed by atoms with Gasteiger partial charge in [-0.05, 0) is 29.8 Å². The van der Waals surface area contributed by atoms with Gasteiger partial charge in [0.1, 0.15) is 0 Å². The maximum absolute atomic E-state index is 11.9. The lowest BCUT2D eigenvalue weighted by Gasteiger charge is -2.05. The van der Waals surface area contributed by atoms with Crippen LogP contribution in [-0.4, -0.2) is 15.9 Å². The molecule has 0 aliphatic rings. The van der Waals surface area contributed by atoms with E-state index in [1.807, 2.05) is 18.2 Å². The summed E-state index contributed by atoms with van der Waals surface area (Å²) in [6, 6.07) is 9.14. The number of nitrogens with one attached hydrogen (secondary N) is 1. The number of aromatic nitrogens is 2. The minimum atomic E-state index is -0.151. The van der Waals surface area contributed by atoms with Gasteiger partial charge in [0.2, 0.25) is 0 Å². The lowest BCUT2D eigenvalue weighted by atomic mass is 10.2. The molecule has 1 amide bonds. The molecule has 0 saturated carbocycles. The maximum atomic E-state index is 11.9. The highest BCUT2D eigenvalue weighted by molar-refractivity contribution is 5.93. The summed E-state index contributed by atoms with van der Waals surface area (Å²) in [6.07, 6.45) is 8.17. The average molecular weight is 279 g/mol. The summed E-state index contributed by atoms with van der Waals surface area (Å²) in [4.78, 5) is 20.2. The van der Waals surface area contributed by atoms with Crippen LogP contribution >= 0.6 is 0 Å². The Hall–Kier alpha value is -2.95. The van der Waals surface area contributed by atoms with Gasteiger partial charge in [-0.3, -0.25) is 14.8 Å². The third-order valence-electron chi connectivity index (χ3n) is 3.02. The van der Waals surface area contributed by atoms with Crippen LogP contribution in [0.3, 0.4) is 0 Å². The number of nitrogens with zero attached hydrogens (tertiary/aromatic N) is 2. The van der Waals surface area contributed by atoms with Crippen molar-refractivity contribution in [1.82, 2.24) is 15.3 Å². The third kappa shape index (κ3) is 3.14. The third-order valence-corrected chi connectivity index (χ3v) is 3.02. The summed E-state index contributed by atoms with van der Waals surface area (Å²) in [5.74, 6) is -0.151. The maximum Gasteiger partial charge on any atom is 0.253 e. The van der Waals surface area contributed by atoms with E-state index >= 15 is 0 Å². The minimum Gasteiger partial charge on any atom is -0.472 e. The Labute approximate surface area is 121 Å². The smallest absolute Gasteiger partial charge is 0.253 e. The minimum absolute atomic E-state index is 0.151. The average Bonchev–Trinajstić information content (AvgIpc) is 3.08. The molecule has 104 valence electrons. The van der Waals surface area contributed by atoms with Crippen LogP contribution in [-0.2, 0) is 6.54 Å². The molecule has 3 aromatic rings. The monoisotopic (exact) mass is 279 g/mol. The van der Waals surface area contributed by atoms with Gasteiger partial charge >= 0.3 is 0 Å². The first kappa shape index (κ1) is 13.1. The summed E-state index contributed by atoms with van der Waals surface area (Å²) in [5, 5.41) is 2.83.